The van der Waals surface area contributed by atoms with Crippen molar-refractivity contribution in [2.45, 2.75) is 13.0 Å². The maximum absolute atomic E-state index is 11.9. The number of nitrogen functional groups attached to an aromatic ring is 1. The number of pyridine rings is 2. The van der Waals surface area contributed by atoms with Crippen LogP contribution in [0, 0.1) is 0 Å². The molecule has 5 nitrogen and oxygen atoms in total. The second-order valence-electron chi connectivity index (χ2n) is 3.92. The van der Waals surface area contributed by atoms with Crippen molar-refractivity contribution in [3.63, 3.8) is 0 Å². The topological polar surface area (TPSA) is 80.9 Å². The smallest absolute Gasteiger partial charge is 0.270 e. The Labute approximate surface area is 105 Å². The highest BCUT2D eigenvalue weighted by Gasteiger charge is 2.12. The standard InChI is InChI=1S/C13H14N4O/c1-9(10-5-7-15-8-6-10)16-13(18)11-3-2-4-12(14)17-11/h2-9H,1H3,(H2,14,17)(H,16,18). The van der Waals surface area contributed by atoms with Crippen LogP contribution in [0.25, 0.3) is 0 Å². The molecular formula is C13H14N4O. The van der Waals surface area contributed by atoms with Gasteiger partial charge in [-0.25, -0.2) is 4.98 Å². The van der Waals surface area contributed by atoms with Gasteiger partial charge in [-0.15, -0.1) is 0 Å². The Balaban J connectivity index is 2.08. The first kappa shape index (κ1) is 12.0. The molecule has 5 heteroatoms. The van der Waals surface area contributed by atoms with Gasteiger partial charge in [-0.1, -0.05) is 6.07 Å². The molecule has 2 aromatic heterocycles. The molecule has 0 spiro atoms. The van der Waals surface area contributed by atoms with Gasteiger partial charge in [-0.3, -0.25) is 9.78 Å². The highest BCUT2D eigenvalue weighted by atomic mass is 16.1. The summed E-state index contributed by atoms with van der Waals surface area (Å²) in [6.45, 7) is 1.90. The number of nitrogens with two attached hydrogens (primary N) is 1. The number of aromatic nitrogens is 2. The van der Waals surface area contributed by atoms with Crippen LogP contribution >= 0.6 is 0 Å². The van der Waals surface area contributed by atoms with Crippen LogP contribution < -0.4 is 11.1 Å². The van der Waals surface area contributed by atoms with Gasteiger partial charge in [0.05, 0.1) is 6.04 Å². The summed E-state index contributed by atoms with van der Waals surface area (Å²) in [4.78, 5) is 19.8. The van der Waals surface area contributed by atoms with E-state index in [0.717, 1.165) is 5.56 Å². The zero-order chi connectivity index (χ0) is 13.0. The van der Waals surface area contributed by atoms with E-state index in [2.05, 4.69) is 15.3 Å². The van der Waals surface area contributed by atoms with E-state index in [1.807, 2.05) is 19.1 Å². The lowest BCUT2D eigenvalue weighted by atomic mass is 10.1. The Bertz CT molecular complexity index is 542. The zero-order valence-corrected chi connectivity index (χ0v) is 10.00. The van der Waals surface area contributed by atoms with Crippen LogP contribution in [0.15, 0.2) is 42.7 Å². The molecule has 1 unspecified atom stereocenters. The predicted octanol–water partition coefficient (Wildman–Crippen LogP) is 1.55. The van der Waals surface area contributed by atoms with Gasteiger partial charge in [-0.05, 0) is 36.8 Å². The molecule has 0 bridgehead atoms. The van der Waals surface area contributed by atoms with Gasteiger partial charge < -0.3 is 11.1 Å². The number of rotatable bonds is 3. The van der Waals surface area contributed by atoms with Crippen molar-refractivity contribution in [2.24, 2.45) is 0 Å². The highest BCUT2D eigenvalue weighted by Crippen LogP contribution is 2.11. The molecule has 0 radical (unpaired) electrons. The molecule has 0 aliphatic rings. The number of hydrogen-bond donors (Lipinski definition) is 2. The molecule has 18 heavy (non-hydrogen) atoms. The molecule has 1 atom stereocenters. The van der Waals surface area contributed by atoms with Crippen molar-refractivity contribution in [2.75, 3.05) is 5.73 Å². The van der Waals surface area contributed by atoms with Crippen molar-refractivity contribution in [3.05, 3.63) is 54.0 Å². The molecule has 2 rings (SSSR count). The summed E-state index contributed by atoms with van der Waals surface area (Å²) in [5.74, 6) is 0.0887. The third kappa shape index (κ3) is 2.82. The maximum atomic E-state index is 11.9. The lowest BCUT2D eigenvalue weighted by Crippen LogP contribution is -2.27. The fourth-order valence-corrected chi connectivity index (χ4v) is 1.58. The van der Waals surface area contributed by atoms with E-state index in [1.165, 1.54) is 0 Å². The largest absolute Gasteiger partial charge is 0.384 e. The number of amides is 1. The molecule has 2 aromatic rings. The summed E-state index contributed by atoms with van der Waals surface area (Å²) in [6, 6.07) is 8.58. The lowest BCUT2D eigenvalue weighted by Gasteiger charge is -2.13. The third-order valence-electron chi connectivity index (χ3n) is 2.56. The van der Waals surface area contributed by atoms with Crippen molar-refractivity contribution >= 4 is 11.7 Å². The Morgan fingerprint density at radius 3 is 2.67 bits per heavy atom. The Morgan fingerprint density at radius 1 is 1.28 bits per heavy atom. The van der Waals surface area contributed by atoms with Crippen LogP contribution in [-0.4, -0.2) is 15.9 Å². The molecule has 92 valence electrons. The van der Waals surface area contributed by atoms with Gasteiger partial charge in [0.2, 0.25) is 0 Å². The first-order valence-corrected chi connectivity index (χ1v) is 5.60. The van der Waals surface area contributed by atoms with E-state index in [1.54, 1.807) is 30.6 Å². The van der Waals surface area contributed by atoms with Gasteiger partial charge in [0.1, 0.15) is 11.5 Å². The predicted molar refractivity (Wildman–Crippen MR) is 68.8 cm³/mol. The first-order chi connectivity index (χ1) is 8.66. The van der Waals surface area contributed by atoms with Crippen molar-refractivity contribution in [1.29, 1.82) is 0 Å². The van der Waals surface area contributed by atoms with Crippen LogP contribution in [0.3, 0.4) is 0 Å². The molecule has 3 N–H and O–H groups in total. The first-order valence-electron chi connectivity index (χ1n) is 5.60. The van der Waals surface area contributed by atoms with Gasteiger partial charge in [-0.2, -0.15) is 0 Å². The summed E-state index contributed by atoms with van der Waals surface area (Å²) < 4.78 is 0. The van der Waals surface area contributed by atoms with Crippen LogP contribution in [0.2, 0.25) is 0 Å². The van der Waals surface area contributed by atoms with Crippen molar-refractivity contribution in [1.82, 2.24) is 15.3 Å². The minimum absolute atomic E-state index is 0.108. The minimum Gasteiger partial charge on any atom is -0.384 e. The van der Waals surface area contributed by atoms with Crippen LogP contribution in [0.4, 0.5) is 5.82 Å². The molecule has 0 aliphatic carbocycles. The normalized spacial score (nSPS) is 11.8. The summed E-state index contributed by atoms with van der Waals surface area (Å²) in [6.07, 6.45) is 3.38. The maximum Gasteiger partial charge on any atom is 0.270 e. The summed E-state index contributed by atoms with van der Waals surface area (Å²) >= 11 is 0. The van der Waals surface area contributed by atoms with E-state index in [9.17, 15) is 4.79 Å². The number of nitrogens with one attached hydrogen (secondary N) is 1. The quantitative estimate of drug-likeness (QED) is 0.855. The second-order valence-corrected chi connectivity index (χ2v) is 3.92. The number of nitrogens with zero attached hydrogens (tertiary/aromatic N) is 2. The summed E-state index contributed by atoms with van der Waals surface area (Å²) in [5.41, 5.74) is 6.84. The molecule has 0 aromatic carbocycles. The molecule has 1 amide bonds. The summed E-state index contributed by atoms with van der Waals surface area (Å²) in [5, 5.41) is 2.85. The molecular weight excluding hydrogens is 228 g/mol. The average molecular weight is 242 g/mol. The molecule has 2 heterocycles. The molecule has 0 saturated heterocycles. The monoisotopic (exact) mass is 242 g/mol. The Hall–Kier alpha value is -2.43. The van der Waals surface area contributed by atoms with Crippen LogP contribution in [0.5, 0.6) is 0 Å². The van der Waals surface area contributed by atoms with Crippen LogP contribution in [0.1, 0.15) is 29.0 Å². The Kier molecular flexibility index (Phi) is 3.52. The number of hydrogen-bond acceptors (Lipinski definition) is 4. The van der Waals surface area contributed by atoms with Crippen LogP contribution in [-0.2, 0) is 0 Å². The number of anilines is 1. The van der Waals surface area contributed by atoms with Gasteiger partial charge in [0.25, 0.3) is 5.91 Å². The zero-order valence-electron chi connectivity index (χ0n) is 10.00. The lowest BCUT2D eigenvalue weighted by molar-refractivity contribution is 0.0935. The summed E-state index contributed by atoms with van der Waals surface area (Å²) in [7, 11) is 0. The number of carbonyl (C=O) groups is 1. The van der Waals surface area contributed by atoms with E-state index in [4.69, 9.17) is 5.73 Å². The van der Waals surface area contributed by atoms with E-state index < -0.39 is 0 Å². The fourth-order valence-electron chi connectivity index (χ4n) is 1.58. The van der Waals surface area contributed by atoms with E-state index in [-0.39, 0.29) is 11.9 Å². The van der Waals surface area contributed by atoms with E-state index in [0.29, 0.717) is 11.5 Å². The van der Waals surface area contributed by atoms with E-state index >= 15 is 0 Å². The Morgan fingerprint density at radius 2 is 2.00 bits per heavy atom. The third-order valence-corrected chi connectivity index (χ3v) is 2.56. The van der Waals surface area contributed by atoms with Gasteiger partial charge >= 0.3 is 0 Å². The molecule has 0 aliphatic heterocycles. The SMILES string of the molecule is CC(NC(=O)c1cccc(N)n1)c1ccncc1. The minimum atomic E-state index is -0.244. The van der Waals surface area contributed by atoms with Crippen molar-refractivity contribution in [3.8, 4) is 0 Å². The van der Waals surface area contributed by atoms with Crippen molar-refractivity contribution < 1.29 is 4.79 Å². The molecule has 0 fully saturated rings. The molecule has 0 saturated carbocycles. The average Bonchev–Trinajstić information content (AvgIpc) is 2.39. The van der Waals surface area contributed by atoms with Gasteiger partial charge in [0.15, 0.2) is 0 Å². The number of carbonyl (C=O) groups excluding carboxylic acids is 1. The fraction of sp³-hybridized carbons (Fsp3) is 0.154. The second kappa shape index (κ2) is 5.27. The highest BCUT2D eigenvalue weighted by molar-refractivity contribution is 5.92. The van der Waals surface area contributed by atoms with Gasteiger partial charge in [0, 0.05) is 12.4 Å².